The van der Waals surface area contributed by atoms with Crippen LogP contribution in [0.1, 0.15) is 11.7 Å². The second kappa shape index (κ2) is 5.79. The number of esters is 3. The highest BCUT2D eigenvalue weighted by Gasteiger charge is 2.54. The molecule has 0 aliphatic carbocycles. The van der Waals surface area contributed by atoms with E-state index in [1.54, 1.807) is 18.2 Å². The first-order valence-corrected chi connectivity index (χ1v) is 6.82. The third kappa shape index (κ3) is 2.45. The summed E-state index contributed by atoms with van der Waals surface area (Å²) in [5.41, 5.74) is 0.504. The lowest BCUT2D eigenvalue weighted by molar-refractivity contribution is -0.159. The smallest absolute Gasteiger partial charge is 0.322 e. The molecule has 122 valence electrons. The van der Waals surface area contributed by atoms with Gasteiger partial charge in [0.05, 0.1) is 14.2 Å². The molecule has 1 fully saturated rings. The minimum absolute atomic E-state index is 0.0917. The SMILES string of the molecule is COC(=O)C1C(=O)O[C@@H](c2ccc3c(c2)OCO3)C1C(=O)OC. The maximum atomic E-state index is 12.1. The molecular formula is C15H14O8. The van der Waals surface area contributed by atoms with Crippen LogP contribution in [0.2, 0.25) is 0 Å². The quantitative estimate of drug-likeness (QED) is 0.453. The van der Waals surface area contributed by atoms with Crippen LogP contribution < -0.4 is 9.47 Å². The molecule has 0 aromatic heterocycles. The number of ether oxygens (including phenoxy) is 5. The van der Waals surface area contributed by atoms with Crippen LogP contribution in [0.15, 0.2) is 18.2 Å². The van der Waals surface area contributed by atoms with Gasteiger partial charge in [0.2, 0.25) is 6.79 Å². The zero-order valence-corrected chi connectivity index (χ0v) is 12.4. The van der Waals surface area contributed by atoms with Gasteiger partial charge in [-0.2, -0.15) is 0 Å². The number of hydrogen-bond acceptors (Lipinski definition) is 8. The number of carbonyl (C=O) groups excluding carboxylic acids is 3. The van der Waals surface area contributed by atoms with Crippen molar-refractivity contribution in [2.24, 2.45) is 11.8 Å². The minimum atomic E-state index is -1.36. The van der Waals surface area contributed by atoms with Gasteiger partial charge in [0, 0.05) is 0 Å². The summed E-state index contributed by atoms with van der Waals surface area (Å²) in [6, 6.07) is 4.89. The Morgan fingerprint density at radius 1 is 1.09 bits per heavy atom. The van der Waals surface area contributed by atoms with E-state index < -0.39 is 35.8 Å². The molecule has 1 aromatic carbocycles. The molecule has 1 saturated heterocycles. The third-order valence-corrected chi connectivity index (χ3v) is 3.84. The molecule has 0 spiro atoms. The van der Waals surface area contributed by atoms with Crippen molar-refractivity contribution in [3.8, 4) is 11.5 Å². The van der Waals surface area contributed by atoms with Crippen LogP contribution in [-0.2, 0) is 28.6 Å². The standard InChI is InChI=1S/C15H14O8/c1-19-13(16)10-11(14(17)20-2)15(18)23-12(10)7-3-4-8-9(5-7)22-6-21-8/h3-5,10-12H,6H2,1-2H3/t10?,11?,12-/m0/s1. The lowest BCUT2D eigenvalue weighted by Gasteiger charge is -2.18. The molecular weight excluding hydrogens is 308 g/mol. The Morgan fingerprint density at radius 3 is 2.48 bits per heavy atom. The predicted octanol–water partition coefficient (Wildman–Crippen LogP) is 0.592. The first-order chi connectivity index (χ1) is 11.1. The summed E-state index contributed by atoms with van der Waals surface area (Å²) in [6.45, 7) is 0.0917. The molecule has 23 heavy (non-hydrogen) atoms. The molecule has 2 aliphatic heterocycles. The van der Waals surface area contributed by atoms with Crippen molar-refractivity contribution in [1.82, 2.24) is 0 Å². The van der Waals surface area contributed by atoms with E-state index in [9.17, 15) is 14.4 Å². The van der Waals surface area contributed by atoms with Crippen molar-refractivity contribution >= 4 is 17.9 Å². The van der Waals surface area contributed by atoms with Gasteiger partial charge in [-0.25, -0.2) is 0 Å². The highest BCUT2D eigenvalue weighted by Crippen LogP contribution is 2.43. The second-order valence-corrected chi connectivity index (χ2v) is 5.02. The minimum Gasteiger partial charge on any atom is -0.469 e. The molecule has 1 aromatic rings. The van der Waals surface area contributed by atoms with E-state index in [0.717, 1.165) is 7.11 Å². The van der Waals surface area contributed by atoms with Crippen molar-refractivity contribution in [2.45, 2.75) is 6.10 Å². The maximum Gasteiger partial charge on any atom is 0.322 e. The van der Waals surface area contributed by atoms with Crippen molar-refractivity contribution in [2.75, 3.05) is 21.0 Å². The van der Waals surface area contributed by atoms with E-state index in [1.165, 1.54) is 7.11 Å². The Hall–Kier alpha value is -2.77. The lowest BCUT2D eigenvalue weighted by atomic mass is 9.87. The molecule has 3 rings (SSSR count). The van der Waals surface area contributed by atoms with Crippen molar-refractivity contribution in [3.05, 3.63) is 23.8 Å². The normalized spacial score (nSPS) is 25.0. The Labute approximate surface area is 131 Å². The van der Waals surface area contributed by atoms with Crippen LogP contribution in [0.4, 0.5) is 0 Å². The number of carbonyl (C=O) groups is 3. The Bertz CT molecular complexity index is 667. The average Bonchev–Trinajstić information content (AvgIpc) is 3.16. The number of cyclic esters (lactones) is 1. The van der Waals surface area contributed by atoms with Gasteiger partial charge in [-0.15, -0.1) is 0 Å². The molecule has 8 nitrogen and oxygen atoms in total. The molecule has 3 atom stereocenters. The van der Waals surface area contributed by atoms with Crippen LogP contribution in [-0.4, -0.2) is 38.9 Å². The molecule has 2 aliphatic rings. The number of fused-ring (bicyclic) bond motifs is 1. The fourth-order valence-corrected chi connectivity index (χ4v) is 2.72. The third-order valence-electron chi connectivity index (χ3n) is 3.84. The van der Waals surface area contributed by atoms with E-state index in [4.69, 9.17) is 18.9 Å². The zero-order valence-electron chi connectivity index (χ0n) is 12.4. The van der Waals surface area contributed by atoms with Gasteiger partial charge >= 0.3 is 17.9 Å². The highest BCUT2D eigenvalue weighted by atomic mass is 16.7. The molecule has 2 unspecified atom stereocenters. The van der Waals surface area contributed by atoms with Gasteiger partial charge in [-0.1, -0.05) is 6.07 Å². The summed E-state index contributed by atoms with van der Waals surface area (Å²) >= 11 is 0. The topological polar surface area (TPSA) is 97.4 Å². The summed E-state index contributed by atoms with van der Waals surface area (Å²) in [5, 5.41) is 0. The Kier molecular flexibility index (Phi) is 3.81. The van der Waals surface area contributed by atoms with E-state index in [2.05, 4.69) is 4.74 Å². The highest BCUT2D eigenvalue weighted by molar-refractivity contribution is 6.01. The number of rotatable bonds is 3. The van der Waals surface area contributed by atoms with Crippen molar-refractivity contribution in [3.63, 3.8) is 0 Å². The van der Waals surface area contributed by atoms with Gasteiger partial charge in [0.1, 0.15) is 12.0 Å². The lowest BCUT2D eigenvalue weighted by Crippen LogP contribution is -2.33. The van der Waals surface area contributed by atoms with Crippen LogP contribution >= 0.6 is 0 Å². The van der Waals surface area contributed by atoms with Crippen molar-refractivity contribution < 1.29 is 38.1 Å². The summed E-state index contributed by atoms with van der Waals surface area (Å²) < 4.78 is 25.0. The van der Waals surface area contributed by atoms with Crippen LogP contribution in [0, 0.1) is 11.8 Å². The van der Waals surface area contributed by atoms with Gasteiger partial charge in [0.25, 0.3) is 0 Å². The summed E-state index contributed by atoms with van der Waals surface area (Å²) in [5.74, 6) is -3.85. The molecule has 0 N–H and O–H groups in total. The second-order valence-electron chi connectivity index (χ2n) is 5.02. The molecule has 8 heteroatoms. The van der Waals surface area contributed by atoms with Crippen LogP contribution in [0.3, 0.4) is 0 Å². The van der Waals surface area contributed by atoms with Gasteiger partial charge in [-0.3, -0.25) is 14.4 Å². The van der Waals surface area contributed by atoms with E-state index >= 15 is 0 Å². The first-order valence-electron chi connectivity index (χ1n) is 6.82. The monoisotopic (exact) mass is 322 g/mol. The summed E-state index contributed by atoms with van der Waals surface area (Å²) in [6.07, 6.45) is -0.964. The van der Waals surface area contributed by atoms with Gasteiger partial charge in [-0.05, 0) is 17.7 Å². The number of benzene rings is 1. The van der Waals surface area contributed by atoms with Crippen molar-refractivity contribution in [1.29, 1.82) is 0 Å². The zero-order chi connectivity index (χ0) is 16.6. The molecule has 2 heterocycles. The fraction of sp³-hybridized carbons (Fsp3) is 0.400. The van der Waals surface area contributed by atoms with Crippen LogP contribution in [0.5, 0.6) is 11.5 Å². The van der Waals surface area contributed by atoms with Crippen LogP contribution in [0.25, 0.3) is 0 Å². The average molecular weight is 322 g/mol. The molecule has 0 bridgehead atoms. The Morgan fingerprint density at radius 2 is 1.78 bits per heavy atom. The summed E-state index contributed by atoms with van der Waals surface area (Å²) in [4.78, 5) is 36.0. The van der Waals surface area contributed by atoms with E-state index in [1.807, 2.05) is 0 Å². The fourth-order valence-electron chi connectivity index (χ4n) is 2.72. The van der Waals surface area contributed by atoms with E-state index in [0.29, 0.717) is 17.1 Å². The molecule has 0 saturated carbocycles. The predicted molar refractivity (Wildman–Crippen MR) is 72.4 cm³/mol. The van der Waals surface area contributed by atoms with Gasteiger partial charge < -0.3 is 23.7 Å². The number of methoxy groups -OCH3 is 2. The summed E-state index contributed by atoms with van der Waals surface area (Å²) in [7, 11) is 2.31. The van der Waals surface area contributed by atoms with E-state index in [-0.39, 0.29) is 6.79 Å². The molecule has 0 amide bonds. The Balaban J connectivity index is 1.98. The largest absolute Gasteiger partial charge is 0.469 e. The first kappa shape index (κ1) is 15.1. The van der Waals surface area contributed by atoms with Gasteiger partial charge in [0.15, 0.2) is 17.4 Å². The maximum absolute atomic E-state index is 12.1. The number of hydrogen-bond donors (Lipinski definition) is 0. The molecule has 0 radical (unpaired) electrons.